The number of nitrogens with one attached hydrogen (secondary N) is 1. The highest BCUT2D eigenvalue weighted by Crippen LogP contribution is 2.32. The predicted molar refractivity (Wildman–Crippen MR) is 83.8 cm³/mol. The molecule has 0 spiro atoms. The van der Waals surface area contributed by atoms with E-state index in [4.69, 9.17) is 16.3 Å². The lowest BCUT2D eigenvalue weighted by atomic mass is 10.0. The maximum Gasteiger partial charge on any atom is 0.0912 e. The normalized spacial score (nSPS) is 28.0. The van der Waals surface area contributed by atoms with Crippen molar-refractivity contribution in [2.24, 2.45) is 0 Å². The number of ether oxygens (including phenoxy) is 1. The summed E-state index contributed by atoms with van der Waals surface area (Å²) < 4.78 is 8.16. The van der Waals surface area contributed by atoms with E-state index in [9.17, 15) is 0 Å². The fourth-order valence-electron chi connectivity index (χ4n) is 3.60. The Bertz CT molecular complexity index is 490. The van der Waals surface area contributed by atoms with Crippen molar-refractivity contribution in [2.45, 2.75) is 50.9 Å². The average molecular weight is 313 g/mol. The molecule has 1 N–H and O–H groups in total. The van der Waals surface area contributed by atoms with E-state index < -0.39 is 0 Å². The standard InChI is InChI=1S/C15H25ClN4O/c1-10(2)20-15(12(16)7-18-20)14(17-3)13-8-19-6-4-5-11(19)9-21-13/h7,10-11,13-14,17H,4-6,8-9H2,1-3H3. The maximum absolute atomic E-state index is 6.40. The monoisotopic (exact) mass is 312 g/mol. The Morgan fingerprint density at radius 3 is 3.00 bits per heavy atom. The van der Waals surface area contributed by atoms with Gasteiger partial charge in [0.2, 0.25) is 0 Å². The van der Waals surface area contributed by atoms with Gasteiger partial charge < -0.3 is 10.1 Å². The van der Waals surface area contributed by atoms with Crippen LogP contribution in [-0.2, 0) is 4.74 Å². The molecule has 1 aromatic rings. The minimum Gasteiger partial charge on any atom is -0.373 e. The van der Waals surface area contributed by atoms with E-state index in [2.05, 4.69) is 29.2 Å². The lowest BCUT2D eigenvalue weighted by molar-refractivity contribution is -0.0655. The van der Waals surface area contributed by atoms with Crippen molar-refractivity contribution < 1.29 is 4.74 Å². The second-order valence-electron chi connectivity index (χ2n) is 6.35. The van der Waals surface area contributed by atoms with Crippen LogP contribution in [0.3, 0.4) is 0 Å². The minimum atomic E-state index is 0.0731. The summed E-state index contributed by atoms with van der Waals surface area (Å²) >= 11 is 6.40. The van der Waals surface area contributed by atoms with Gasteiger partial charge in [0.15, 0.2) is 0 Å². The number of hydrogen-bond donors (Lipinski definition) is 1. The quantitative estimate of drug-likeness (QED) is 0.926. The first-order chi connectivity index (χ1) is 10.1. The molecule has 1 aromatic heterocycles. The molecule has 0 amide bonds. The third kappa shape index (κ3) is 2.84. The summed E-state index contributed by atoms with van der Waals surface area (Å²) in [5.74, 6) is 0. The molecule has 0 saturated carbocycles. The van der Waals surface area contributed by atoms with Gasteiger partial charge in [-0.05, 0) is 40.3 Å². The molecule has 3 heterocycles. The summed E-state index contributed by atoms with van der Waals surface area (Å²) in [6.07, 6.45) is 4.41. The fourth-order valence-corrected chi connectivity index (χ4v) is 3.84. The van der Waals surface area contributed by atoms with Gasteiger partial charge in [0.1, 0.15) is 0 Å². The predicted octanol–water partition coefficient (Wildman–Crippen LogP) is 2.24. The molecule has 3 atom stereocenters. The summed E-state index contributed by atoms with van der Waals surface area (Å²) in [4.78, 5) is 2.56. The number of fused-ring (bicyclic) bond motifs is 1. The average Bonchev–Trinajstić information content (AvgIpc) is 3.07. The lowest BCUT2D eigenvalue weighted by Crippen LogP contribution is -2.50. The molecule has 2 aliphatic rings. The Labute approximate surface area is 131 Å². The molecule has 2 fully saturated rings. The fraction of sp³-hybridized carbons (Fsp3) is 0.800. The molecular weight excluding hydrogens is 288 g/mol. The molecule has 0 aliphatic carbocycles. The van der Waals surface area contributed by atoms with Gasteiger partial charge in [0.25, 0.3) is 0 Å². The SMILES string of the molecule is CNC(c1c(Cl)cnn1C(C)C)C1CN2CCCC2CO1. The second kappa shape index (κ2) is 6.24. The summed E-state index contributed by atoms with van der Waals surface area (Å²) in [5, 5.41) is 8.53. The van der Waals surface area contributed by atoms with Gasteiger partial charge in [-0.1, -0.05) is 11.6 Å². The molecular formula is C15H25ClN4O. The lowest BCUT2D eigenvalue weighted by Gasteiger charge is -2.39. The first-order valence-corrected chi connectivity index (χ1v) is 8.25. The van der Waals surface area contributed by atoms with Gasteiger partial charge in [0.05, 0.1) is 35.7 Å². The molecule has 0 radical (unpaired) electrons. The molecule has 118 valence electrons. The second-order valence-corrected chi connectivity index (χ2v) is 6.75. The van der Waals surface area contributed by atoms with Crippen molar-refractivity contribution in [3.8, 4) is 0 Å². The van der Waals surface area contributed by atoms with E-state index in [1.165, 1.54) is 19.4 Å². The highest BCUT2D eigenvalue weighted by molar-refractivity contribution is 6.31. The zero-order valence-electron chi connectivity index (χ0n) is 13.1. The zero-order chi connectivity index (χ0) is 15.0. The highest BCUT2D eigenvalue weighted by Gasteiger charge is 2.37. The van der Waals surface area contributed by atoms with E-state index in [1.54, 1.807) is 6.20 Å². The zero-order valence-corrected chi connectivity index (χ0v) is 13.8. The van der Waals surface area contributed by atoms with Crippen molar-refractivity contribution in [1.82, 2.24) is 20.0 Å². The molecule has 3 unspecified atom stereocenters. The Balaban J connectivity index is 1.83. The van der Waals surface area contributed by atoms with Crippen LogP contribution in [0.25, 0.3) is 0 Å². The van der Waals surface area contributed by atoms with Crippen molar-refractivity contribution in [1.29, 1.82) is 0 Å². The van der Waals surface area contributed by atoms with Crippen LogP contribution in [0.15, 0.2) is 6.20 Å². The Morgan fingerprint density at radius 2 is 2.29 bits per heavy atom. The van der Waals surface area contributed by atoms with E-state index in [1.807, 2.05) is 11.7 Å². The number of rotatable bonds is 4. The number of aromatic nitrogens is 2. The Morgan fingerprint density at radius 1 is 1.48 bits per heavy atom. The maximum atomic E-state index is 6.40. The van der Waals surface area contributed by atoms with Crippen molar-refractivity contribution >= 4 is 11.6 Å². The number of nitrogens with zero attached hydrogens (tertiary/aromatic N) is 3. The largest absolute Gasteiger partial charge is 0.373 e. The van der Waals surface area contributed by atoms with Gasteiger partial charge >= 0.3 is 0 Å². The Kier molecular flexibility index (Phi) is 4.54. The van der Waals surface area contributed by atoms with Crippen LogP contribution in [0.1, 0.15) is 44.5 Å². The van der Waals surface area contributed by atoms with Crippen LogP contribution in [-0.4, -0.2) is 53.6 Å². The van der Waals surface area contributed by atoms with Crippen LogP contribution >= 0.6 is 11.6 Å². The van der Waals surface area contributed by atoms with E-state index in [0.717, 1.165) is 23.9 Å². The van der Waals surface area contributed by atoms with Gasteiger partial charge in [-0.25, -0.2) is 0 Å². The number of morpholine rings is 1. The van der Waals surface area contributed by atoms with Crippen LogP contribution in [0, 0.1) is 0 Å². The smallest absolute Gasteiger partial charge is 0.0912 e. The van der Waals surface area contributed by atoms with Crippen LogP contribution in [0.2, 0.25) is 5.02 Å². The third-order valence-electron chi connectivity index (χ3n) is 4.67. The first kappa shape index (κ1) is 15.3. The molecule has 2 aliphatic heterocycles. The van der Waals surface area contributed by atoms with Crippen LogP contribution < -0.4 is 5.32 Å². The molecule has 0 bridgehead atoms. The molecule has 6 heteroatoms. The van der Waals surface area contributed by atoms with Crippen molar-refractivity contribution in [3.05, 3.63) is 16.9 Å². The highest BCUT2D eigenvalue weighted by atomic mass is 35.5. The summed E-state index contributed by atoms with van der Waals surface area (Å²) in [5.41, 5.74) is 1.04. The van der Waals surface area contributed by atoms with E-state index in [0.29, 0.717) is 6.04 Å². The first-order valence-electron chi connectivity index (χ1n) is 7.87. The summed E-state index contributed by atoms with van der Waals surface area (Å²) in [7, 11) is 1.97. The third-order valence-corrected chi connectivity index (χ3v) is 4.96. The number of halogens is 1. The van der Waals surface area contributed by atoms with Crippen molar-refractivity contribution in [2.75, 3.05) is 26.7 Å². The minimum absolute atomic E-state index is 0.0731. The molecule has 3 rings (SSSR count). The molecule has 21 heavy (non-hydrogen) atoms. The molecule has 5 nitrogen and oxygen atoms in total. The topological polar surface area (TPSA) is 42.3 Å². The van der Waals surface area contributed by atoms with Gasteiger partial charge in [-0.2, -0.15) is 5.10 Å². The van der Waals surface area contributed by atoms with Gasteiger partial charge in [0, 0.05) is 18.6 Å². The van der Waals surface area contributed by atoms with Crippen LogP contribution in [0.5, 0.6) is 0 Å². The van der Waals surface area contributed by atoms with Gasteiger partial charge in [-0.3, -0.25) is 9.58 Å². The number of likely N-dealkylation sites (N-methyl/N-ethyl adjacent to an activating group) is 1. The van der Waals surface area contributed by atoms with Crippen LogP contribution in [0.4, 0.5) is 0 Å². The summed E-state index contributed by atoms with van der Waals surface area (Å²) in [6, 6.07) is 0.972. The molecule has 0 aromatic carbocycles. The number of hydrogen-bond acceptors (Lipinski definition) is 4. The summed E-state index contributed by atoms with van der Waals surface area (Å²) in [6.45, 7) is 7.24. The van der Waals surface area contributed by atoms with Crippen molar-refractivity contribution in [3.63, 3.8) is 0 Å². The van der Waals surface area contributed by atoms with E-state index in [-0.39, 0.29) is 18.2 Å². The van der Waals surface area contributed by atoms with E-state index >= 15 is 0 Å². The van der Waals surface area contributed by atoms with Gasteiger partial charge in [-0.15, -0.1) is 0 Å². The molecule has 2 saturated heterocycles. The Hall–Kier alpha value is -0.620.